The fraction of sp³-hybridized carbons (Fsp3) is 0.455. The van der Waals surface area contributed by atoms with Crippen molar-refractivity contribution >= 4 is 11.8 Å². The Balaban J connectivity index is 2.26. The van der Waals surface area contributed by atoms with Gasteiger partial charge in [0.05, 0.1) is 0 Å². The van der Waals surface area contributed by atoms with Crippen LogP contribution in [0.15, 0.2) is 18.2 Å². The van der Waals surface area contributed by atoms with Crippen molar-refractivity contribution in [2.75, 3.05) is 0 Å². The lowest BCUT2D eigenvalue weighted by Crippen LogP contribution is -2.24. The summed E-state index contributed by atoms with van der Waals surface area (Å²) in [7, 11) is 0. The number of rotatable bonds is 2. The Labute approximate surface area is 89.3 Å². The van der Waals surface area contributed by atoms with Gasteiger partial charge in [-0.05, 0) is 42.8 Å². The van der Waals surface area contributed by atoms with E-state index in [-0.39, 0.29) is 5.60 Å². The highest BCUT2D eigenvalue weighted by atomic mass is 35.5. The molecule has 1 N–H and O–H groups in total. The molecule has 0 aromatic heterocycles. The average molecular weight is 212 g/mol. The molecule has 0 saturated carbocycles. The molecule has 0 unspecified atom stereocenters. The third kappa shape index (κ3) is 1.86. The molecule has 0 spiro atoms. The number of nitrogens with one attached hydrogen (secondary N) is 1. The zero-order valence-electron chi connectivity index (χ0n) is 8.43. The second-order valence-corrected chi connectivity index (χ2v) is 4.56. The number of benzene rings is 1. The standard InChI is InChI=1S/C11H14ClNO/c1-11(2)6-9-5-8(7-13-12)3-4-10(9)14-11/h3-5,13H,6-7H2,1-2H3. The van der Waals surface area contributed by atoms with Gasteiger partial charge < -0.3 is 4.74 Å². The Hall–Kier alpha value is -0.730. The Morgan fingerprint density at radius 1 is 1.50 bits per heavy atom. The summed E-state index contributed by atoms with van der Waals surface area (Å²) in [5, 5.41) is 0. The minimum absolute atomic E-state index is 0.0602. The molecular formula is C11H14ClNO. The van der Waals surface area contributed by atoms with Crippen molar-refractivity contribution in [1.29, 1.82) is 0 Å². The first-order valence-corrected chi connectivity index (χ1v) is 5.13. The van der Waals surface area contributed by atoms with Crippen LogP contribution in [0.1, 0.15) is 25.0 Å². The molecule has 14 heavy (non-hydrogen) atoms. The molecule has 1 aliphatic heterocycles. The summed E-state index contributed by atoms with van der Waals surface area (Å²) in [5.41, 5.74) is 2.41. The molecule has 2 rings (SSSR count). The Kier molecular flexibility index (Phi) is 2.41. The van der Waals surface area contributed by atoms with Crippen molar-refractivity contribution in [2.24, 2.45) is 0 Å². The maximum Gasteiger partial charge on any atom is 0.123 e. The van der Waals surface area contributed by atoms with Crippen LogP contribution in [0.3, 0.4) is 0 Å². The third-order valence-electron chi connectivity index (χ3n) is 2.40. The topological polar surface area (TPSA) is 21.3 Å². The maximum absolute atomic E-state index is 5.77. The fourth-order valence-electron chi connectivity index (χ4n) is 1.85. The second-order valence-electron chi connectivity index (χ2n) is 4.29. The molecule has 0 saturated heterocycles. The lowest BCUT2D eigenvalue weighted by molar-refractivity contribution is 0.138. The van der Waals surface area contributed by atoms with Crippen LogP contribution < -0.4 is 9.57 Å². The molecule has 0 aliphatic carbocycles. The largest absolute Gasteiger partial charge is 0.487 e. The molecule has 0 atom stereocenters. The van der Waals surface area contributed by atoms with Gasteiger partial charge in [0.15, 0.2) is 0 Å². The smallest absolute Gasteiger partial charge is 0.123 e. The molecule has 0 bridgehead atoms. The van der Waals surface area contributed by atoms with Gasteiger partial charge in [0, 0.05) is 13.0 Å². The summed E-state index contributed by atoms with van der Waals surface area (Å²) in [5.74, 6) is 1.01. The lowest BCUT2D eigenvalue weighted by Gasteiger charge is -2.16. The van der Waals surface area contributed by atoms with Gasteiger partial charge in [-0.15, -0.1) is 0 Å². The molecule has 1 aromatic carbocycles. The molecule has 1 heterocycles. The SMILES string of the molecule is CC1(C)Cc2cc(CNCl)ccc2O1. The minimum atomic E-state index is -0.0602. The number of ether oxygens (including phenoxy) is 1. The summed E-state index contributed by atoms with van der Waals surface area (Å²) < 4.78 is 5.77. The van der Waals surface area contributed by atoms with E-state index in [2.05, 4.69) is 24.7 Å². The van der Waals surface area contributed by atoms with E-state index in [4.69, 9.17) is 16.5 Å². The first kappa shape index (κ1) is 9.81. The summed E-state index contributed by atoms with van der Waals surface area (Å²) in [6.07, 6.45) is 0.971. The highest BCUT2D eigenvalue weighted by Crippen LogP contribution is 2.35. The first-order chi connectivity index (χ1) is 6.61. The first-order valence-electron chi connectivity index (χ1n) is 4.75. The van der Waals surface area contributed by atoms with E-state index in [0.29, 0.717) is 6.54 Å². The van der Waals surface area contributed by atoms with Gasteiger partial charge in [-0.25, -0.2) is 4.84 Å². The fourth-order valence-corrected chi connectivity index (χ4v) is 2.00. The van der Waals surface area contributed by atoms with Gasteiger partial charge in [0.25, 0.3) is 0 Å². The second kappa shape index (κ2) is 3.44. The molecule has 0 fully saturated rings. The van der Waals surface area contributed by atoms with E-state index in [1.54, 1.807) is 0 Å². The van der Waals surface area contributed by atoms with Gasteiger partial charge in [-0.2, -0.15) is 0 Å². The van der Waals surface area contributed by atoms with Crippen LogP contribution in [-0.2, 0) is 13.0 Å². The van der Waals surface area contributed by atoms with E-state index >= 15 is 0 Å². The van der Waals surface area contributed by atoms with E-state index in [1.807, 2.05) is 12.1 Å². The number of hydrogen-bond donors (Lipinski definition) is 1. The van der Waals surface area contributed by atoms with Crippen LogP contribution in [0.5, 0.6) is 5.75 Å². The molecular weight excluding hydrogens is 198 g/mol. The molecule has 0 radical (unpaired) electrons. The predicted molar refractivity (Wildman–Crippen MR) is 57.5 cm³/mol. The van der Waals surface area contributed by atoms with Crippen LogP contribution in [0.25, 0.3) is 0 Å². The summed E-state index contributed by atoms with van der Waals surface area (Å²) in [6.45, 7) is 4.90. The van der Waals surface area contributed by atoms with Gasteiger partial charge in [-0.3, -0.25) is 0 Å². The van der Waals surface area contributed by atoms with Crippen LogP contribution in [0.2, 0.25) is 0 Å². The van der Waals surface area contributed by atoms with Crippen molar-refractivity contribution in [3.8, 4) is 5.75 Å². The maximum atomic E-state index is 5.77. The van der Waals surface area contributed by atoms with Crippen molar-refractivity contribution in [3.05, 3.63) is 29.3 Å². The third-order valence-corrected chi connectivity index (χ3v) is 2.53. The summed E-state index contributed by atoms with van der Waals surface area (Å²) in [4.78, 5) is 2.63. The van der Waals surface area contributed by atoms with Gasteiger partial charge in [0.2, 0.25) is 0 Å². The van der Waals surface area contributed by atoms with Crippen LogP contribution in [0.4, 0.5) is 0 Å². The Bertz CT molecular complexity index is 349. The zero-order chi connectivity index (χ0) is 10.2. The number of halogens is 1. The Morgan fingerprint density at radius 3 is 3.00 bits per heavy atom. The van der Waals surface area contributed by atoms with Crippen molar-refractivity contribution in [1.82, 2.24) is 4.84 Å². The van der Waals surface area contributed by atoms with Crippen molar-refractivity contribution in [3.63, 3.8) is 0 Å². The van der Waals surface area contributed by atoms with Crippen molar-refractivity contribution in [2.45, 2.75) is 32.4 Å². The number of fused-ring (bicyclic) bond motifs is 1. The lowest BCUT2D eigenvalue weighted by atomic mass is 10.0. The molecule has 1 aliphatic rings. The molecule has 0 amide bonds. The van der Waals surface area contributed by atoms with E-state index in [0.717, 1.165) is 12.2 Å². The monoisotopic (exact) mass is 211 g/mol. The molecule has 1 aromatic rings. The van der Waals surface area contributed by atoms with Crippen LogP contribution in [0, 0.1) is 0 Å². The normalized spacial score (nSPS) is 17.6. The van der Waals surface area contributed by atoms with Gasteiger partial charge in [-0.1, -0.05) is 12.1 Å². The Morgan fingerprint density at radius 2 is 2.29 bits per heavy atom. The van der Waals surface area contributed by atoms with Gasteiger partial charge in [0.1, 0.15) is 11.4 Å². The van der Waals surface area contributed by atoms with E-state index in [1.165, 1.54) is 11.1 Å². The molecule has 2 nitrogen and oxygen atoms in total. The van der Waals surface area contributed by atoms with E-state index < -0.39 is 0 Å². The van der Waals surface area contributed by atoms with Gasteiger partial charge >= 0.3 is 0 Å². The zero-order valence-corrected chi connectivity index (χ0v) is 9.19. The van der Waals surface area contributed by atoms with Crippen LogP contribution >= 0.6 is 11.8 Å². The minimum Gasteiger partial charge on any atom is -0.487 e. The highest BCUT2D eigenvalue weighted by molar-refractivity contribution is 6.13. The number of hydrogen-bond acceptors (Lipinski definition) is 2. The van der Waals surface area contributed by atoms with Crippen LogP contribution in [-0.4, -0.2) is 5.60 Å². The summed E-state index contributed by atoms with van der Waals surface area (Å²) in [6, 6.07) is 6.21. The van der Waals surface area contributed by atoms with E-state index in [9.17, 15) is 0 Å². The predicted octanol–water partition coefficient (Wildman–Crippen LogP) is 2.64. The molecule has 3 heteroatoms. The average Bonchev–Trinajstić information content (AvgIpc) is 2.38. The molecule has 76 valence electrons. The quantitative estimate of drug-likeness (QED) is 0.760. The highest BCUT2D eigenvalue weighted by Gasteiger charge is 2.29. The van der Waals surface area contributed by atoms with Crippen molar-refractivity contribution < 1.29 is 4.74 Å². The summed E-state index contributed by atoms with van der Waals surface area (Å²) >= 11 is 5.46.